The molecule has 0 saturated heterocycles. The number of esters is 1. The van der Waals surface area contributed by atoms with Crippen LogP contribution in [0, 0.1) is 12.3 Å². The van der Waals surface area contributed by atoms with Crippen molar-refractivity contribution in [3.8, 4) is 12.3 Å². The van der Waals surface area contributed by atoms with Crippen molar-refractivity contribution in [1.82, 2.24) is 0 Å². The van der Waals surface area contributed by atoms with Crippen molar-refractivity contribution >= 4 is 39.1 Å². The van der Waals surface area contributed by atoms with Gasteiger partial charge in [-0.3, -0.25) is 9.69 Å². The minimum atomic E-state index is -0.525. The molecule has 20 heavy (non-hydrogen) atoms. The average Bonchev–Trinajstić information content (AvgIpc) is 2.74. The van der Waals surface area contributed by atoms with Gasteiger partial charge in [0.15, 0.2) is 0 Å². The minimum Gasteiger partial charge on any atom is -0.466 e. The van der Waals surface area contributed by atoms with Crippen LogP contribution in [0.25, 0.3) is 5.57 Å². The van der Waals surface area contributed by atoms with Crippen molar-refractivity contribution < 1.29 is 14.3 Å². The Kier molecular flexibility index (Phi) is 4.26. The number of nitrogens with zero attached hydrogens (tertiary/aromatic N) is 1. The highest BCUT2D eigenvalue weighted by Crippen LogP contribution is 2.38. The Balaban J connectivity index is 2.67. The Morgan fingerprint density at radius 2 is 2.15 bits per heavy atom. The van der Waals surface area contributed by atoms with Gasteiger partial charge in [-0.15, -0.1) is 6.42 Å². The smallest absolute Gasteiger partial charge is 0.335 e. The van der Waals surface area contributed by atoms with Crippen molar-refractivity contribution in [1.29, 1.82) is 0 Å². The SMILES string of the molecule is C#CCN1C(=O)/C(=C(/CBr)C(=O)OC)c2ccccc21. The van der Waals surface area contributed by atoms with E-state index in [1.807, 2.05) is 12.1 Å². The van der Waals surface area contributed by atoms with Gasteiger partial charge in [0.2, 0.25) is 0 Å². The number of hydrogen-bond donors (Lipinski definition) is 0. The Bertz CT molecular complexity index is 643. The van der Waals surface area contributed by atoms with Crippen LogP contribution in [0.2, 0.25) is 0 Å². The maximum atomic E-state index is 12.5. The number of benzene rings is 1. The van der Waals surface area contributed by atoms with Crippen molar-refractivity contribution in [2.45, 2.75) is 0 Å². The molecular formula is C15H12BrNO3. The lowest BCUT2D eigenvalue weighted by Gasteiger charge is -2.13. The van der Waals surface area contributed by atoms with E-state index in [9.17, 15) is 9.59 Å². The second-order valence-electron chi connectivity index (χ2n) is 4.09. The molecule has 1 amide bonds. The molecule has 0 unspecified atom stereocenters. The van der Waals surface area contributed by atoms with E-state index in [0.29, 0.717) is 22.4 Å². The zero-order valence-corrected chi connectivity index (χ0v) is 12.4. The van der Waals surface area contributed by atoms with E-state index in [1.54, 1.807) is 12.1 Å². The van der Waals surface area contributed by atoms with Crippen molar-refractivity contribution in [2.24, 2.45) is 0 Å². The lowest BCUT2D eigenvalue weighted by atomic mass is 10.0. The highest BCUT2D eigenvalue weighted by Gasteiger charge is 2.35. The quantitative estimate of drug-likeness (QED) is 0.368. The van der Waals surface area contributed by atoms with E-state index >= 15 is 0 Å². The van der Waals surface area contributed by atoms with E-state index in [2.05, 4.69) is 21.9 Å². The first-order valence-corrected chi connectivity index (χ1v) is 7.00. The van der Waals surface area contributed by atoms with Crippen LogP contribution in [0.3, 0.4) is 0 Å². The molecule has 0 spiro atoms. The van der Waals surface area contributed by atoms with Crippen LogP contribution >= 0.6 is 15.9 Å². The van der Waals surface area contributed by atoms with E-state index in [0.717, 1.165) is 0 Å². The molecule has 2 rings (SSSR count). The zero-order chi connectivity index (χ0) is 14.7. The number of anilines is 1. The third-order valence-corrected chi connectivity index (χ3v) is 3.60. The standard InChI is InChI=1S/C15H12BrNO3/c1-3-8-17-12-7-5-4-6-10(12)13(14(17)18)11(9-16)15(19)20-2/h1,4-7H,8-9H2,2H3/b13-11-. The molecule has 0 N–H and O–H groups in total. The number of rotatable bonds is 3. The van der Waals surface area contributed by atoms with Crippen LogP contribution in [0.5, 0.6) is 0 Å². The molecule has 1 heterocycles. The maximum Gasteiger partial charge on any atom is 0.335 e. The summed E-state index contributed by atoms with van der Waals surface area (Å²) in [5, 5.41) is 0.235. The maximum absolute atomic E-state index is 12.5. The summed E-state index contributed by atoms with van der Waals surface area (Å²) in [6, 6.07) is 7.24. The molecule has 1 aromatic carbocycles. The number of para-hydroxylation sites is 1. The van der Waals surface area contributed by atoms with Crippen LogP contribution in [0.1, 0.15) is 5.56 Å². The zero-order valence-electron chi connectivity index (χ0n) is 10.9. The van der Waals surface area contributed by atoms with Crippen LogP contribution in [0.4, 0.5) is 5.69 Å². The van der Waals surface area contributed by atoms with Crippen molar-refractivity contribution in [3.63, 3.8) is 0 Å². The fraction of sp³-hybridized carbons (Fsp3) is 0.200. The summed E-state index contributed by atoms with van der Waals surface area (Å²) in [5.41, 5.74) is 2.06. The second kappa shape index (κ2) is 5.93. The number of carbonyl (C=O) groups is 2. The topological polar surface area (TPSA) is 46.6 Å². The number of methoxy groups -OCH3 is 1. The average molecular weight is 334 g/mol. The molecule has 102 valence electrons. The Labute approximate surface area is 125 Å². The van der Waals surface area contributed by atoms with Gasteiger partial charge in [-0.2, -0.15) is 0 Å². The van der Waals surface area contributed by atoms with Gasteiger partial charge in [0.05, 0.1) is 30.5 Å². The number of alkyl halides is 1. The first kappa shape index (κ1) is 14.4. The van der Waals surface area contributed by atoms with Gasteiger partial charge < -0.3 is 4.74 Å². The molecule has 0 aliphatic carbocycles. The number of hydrogen-bond acceptors (Lipinski definition) is 3. The predicted octanol–water partition coefficient (Wildman–Crippen LogP) is 1.99. The van der Waals surface area contributed by atoms with Gasteiger partial charge >= 0.3 is 5.97 Å². The third-order valence-electron chi connectivity index (χ3n) is 3.04. The lowest BCUT2D eigenvalue weighted by molar-refractivity contribution is -0.136. The molecule has 0 radical (unpaired) electrons. The summed E-state index contributed by atoms with van der Waals surface area (Å²) in [5.74, 6) is 1.66. The summed E-state index contributed by atoms with van der Waals surface area (Å²) in [6.45, 7) is 0.163. The van der Waals surface area contributed by atoms with Crippen molar-refractivity contribution in [2.75, 3.05) is 23.9 Å². The largest absolute Gasteiger partial charge is 0.466 e. The summed E-state index contributed by atoms with van der Waals surface area (Å²) >= 11 is 3.24. The molecule has 0 fully saturated rings. The predicted molar refractivity (Wildman–Crippen MR) is 80.4 cm³/mol. The highest BCUT2D eigenvalue weighted by atomic mass is 79.9. The van der Waals surface area contributed by atoms with Crippen LogP contribution in [-0.2, 0) is 14.3 Å². The van der Waals surface area contributed by atoms with Gasteiger partial charge in [0.1, 0.15) is 0 Å². The van der Waals surface area contributed by atoms with Crippen LogP contribution in [-0.4, -0.2) is 30.9 Å². The molecule has 5 heteroatoms. The van der Waals surface area contributed by atoms with E-state index in [-0.39, 0.29) is 17.8 Å². The van der Waals surface area contributed by atoms with Gasteiger partial charge in [-0.05, 0) is 6.07 Å². The number of amides is 1. The number of fused-ring (bicyclic) bond motifs is 1. The fourth-order valence-corrected chi connectivity index (χ4v) is 2.68. The first-order chi connectivity index (χ1) is 9.65. The van der Waals surface area contributed by atoms with Gasteiger partial charge in [0, 0.05) is 10.9 Å². The third kappa shape index (κ3) is 2.23. The molecule has 0 saturated carbocycles. The van der Waals surface area contributed by atoms with E-state index < -0.39 is 5.97 Å². The first-order valence-electron chi connectivity index (χ1n) is 5.87. The molecule has 0 aromatic heterocycles. The van der Waals surface area contributed by atoms with E-state index in [1.165, 1.54) is 12.0 Å². The summed E-state index contributed by atoms with van der Waals surface area (Å²) in [7, 11) is 1.29. The van der Waals surface area contributed by atoms with Gasteiger partial charge in [0.25, 0.3) is 5.91 Å². The minimum absolute atomic E-state index is 0.163. The number of ether oxygens (including phenoxy) is 1. The molecule has 1 aromatic rings. The Morgan fingerprint density at radius 1 is 1.45 bits per heavy atom. The lowest BCUT2D eigenvalue weighted by Crippen LogP contribution is -2.27. The molecule has 1 aliphatic rings. The van der Waals surface area contributed by atoms with E-state index in [4.69, 9.17) is 11.2 Å². The van der Waals surface area contributed by atoms with Crippen molar-refractivity contribution in [3.05, 3.63) is 35.4 Å². The molecule has 1 aliphatic heterocycles. The molecule has 0 bridgehead atoms. The number of carbonyl (C=O) groups excluding carboxylic acids is 2. The number of terminal acetylenes is 1. The monoisotopic (exact) mass is 333 g/mol. The Hall–Kier alpha value is -2.06. The fourth-order valence-electron chi connectivity index (χ4n) is 2.17. The van der Waals surface area contributed by atoms with Gasteiger partial charge in [-0.1, -0.05) is 40.0 Å². The van der Waals surface area contributed by atoms with Gasteiger partial charge in [-0.25, -0.2) is 4.79 Å². The summed E-state index contributed by atoms with van der Waals surface area (Å²) < 4.78 is 4.74. The highest BCUT2D eigenvalue weighted by molar-refractivity contribution is 9.09. The molecular weight excluding hydrogens is 322 g/mol. The van der Waals surface area contributed by atoms with Crippen LogP contribution in [0.15, 0.2) is 29.8 Å². The summed E-state index contributed by atoms with van der Waals surface area (Å²) in [4.78, 5) is 25.8. The second-order valence-corrected chi connectivity index (χ2v) is 4.65. The Morgan fingerprint density at radius 3 is 2.75 bits per heavy atom. The normalized spacial score (nSPS) is 15.7. The molecule has 0 atom stereocenters. The van der Waals surface area contributed by atoms with Crippen LogP contribution < -0.4 is 4.90 Å². The molecule has 4 nitrogen and oxygen atoms in total. The summed E-state index contributed by atoms with van der Waals surface area (Å²) in [6.07, 6.45) is 5.31. The number of halogens is 1.